The summed E-state index contributed by atoms with van der Waals surface area (Å²) in [5, 5.41) is 0. The zero-order valence-corrected chi connectivity index (χ0v) is 5.99. The van der Waals surface area contributed by atoms with Crippen molar-refractivity contribution >= 4 is 16.4 Å². The van der Waals surface area contributed by atoms with Gasteiger partial charge in [-0.3, -0.25) is 6.29 Å². The first-order chi connectivity index (χ1) is 2.41. The van der Waals surface area contributed by atoms with Crippen LogP contribution in [0.25, 0.3) is 0 Å². The Hall–Kier alpha value is 0.319. The fraction of sp³-hybridized carbons (Fsp3) is 0.750. The summed E-state index contributed by atoms with van der Waals surface area (Å²) >= 11 is 0. The van der Waals surface area contributed by atoms with Crippen LogP contribution in [0.1, 0.15) is 19.8 Å². The maximum Gasteiger partial charge on any atom is 2.00 e. The minimum Gasteiger partial charge on any atom is -1.00 e. The van der Waals surface area contributed by atoms with E-state index in [0.29, 0.717) is 6.42 Å². The average Bonchev–Trinajstić information content (AvgIpc) is 1.41. The summed E-state index contributed by atoms with van der Waals surface area (Å²) in [5.41, 5.74) is 0. The summed E-state index contributed by atoms with van der Waals surface area (Å²) in [5.74, 6) is 0. The predicted molar refractivity (Wildman–Crippen MR) is 26.4 cm³/mol. The topological polar surface area (TPSA) is 17.1 Å². The van der Waals surface area contributed by atoms with Crippen LogP contribution >= 0.6 is 0 Å². The van der Waals surface area contributed by atoms with Gasteiger partial charge in [0.2, 0.25) is 0 Å². The molecule has 0 saturated carbocycles. The van der Waals surface area contributed by atoms with Crippen molar-refractivity contribution in [2.45, 2.75) is 19.8 Å². The van der Waals surface area contributed by atoms with E-state index in [2.05, 4.69) is 0 Å². The summed E-state index contributed by atoms with van der Waals surface area (Å²) in [6.45, 7) is 1.95. The summed E-state index contributed by atoms with van der Waals surface area (Å²) in [7, 11) is 0. The van der Waals surface area contributed by atoms with Crippen molar-refractivity contribution < 1.29 is 21.8 Å². The van der Waals surface area contributed by atoms with E-state index in [1.165, 1.54) is 0 Å². The Labute approximate surface area is 58.5 Å². The second-order valence-corrected chi connectivity index (χ2v) is 0.894. The van der Waals surface area contributed by atoms with Crippen LogP contribution in [0, 0.1) is 0 Å². The molecule has 7 heavy (non-hydrogen) atoms. The zero-order valence-electron chi connectivity index (χ0n) is 4.41. The van der Waals surface area contributed by atoms with Crippen molar-refractivity contribution in [2.24, 2.45) is 0 Å². The first kappa shape index (κ1) is 15.7. The number of hydrogen-bond acceptors (Lipinski definition) is 1. The van der Waals surface area contributed by atoms with E-state index in [-0.39, 0.29) is 27.1 Å². The van der Waals surface area contributed by atoms with Gasteiger partial charge in [0.05, 0.1) is 0 Å². The van der Waals surface area contributed by atoms with E-state index < -0.39 is 0 Å². The number of unbranched alkanes of at least 4 members (excludes halogenated alkanes) is 1. The molecule has 1 nitrogen and oxygen atoms in total. The third-order valence-electron chi connectivity index (χ3n) is 0.352. The van der Waals surface area contributed by atoms with E-state index in [0.717, 1.165) is 6.42 Å². The van der Waals surface area contributed by atoms with Gasteiger partial charge in [0, 0.05) is 0 Å². The molecule has 0 aliphatic carbocycles. The van der Waals surface area contributed by atoms with Crippen LogP contribution in [-0.2, 0) is 4.79 Å². The molecule has 0 saturated heterocycles. The summed E-state index contributed by atoms with van der Waals surface area (Å²) in [4.78, 5) is 9.28. The number of rotatable bonds is 2. The normalized spacial score (nSPS) is 5.29. The molecule has 0 aromatic heterocycles. The van der Waals surface area contributed by atoms with Crippen LogP contribution in [0.5, 0.6) is 0 Å². The van der Waals surface area contributed by atoms with E-state index in [4.69, 9.17) is 0 Å². The summed E-state index contributed by atoms with van der Waals surface area (Å²) < 4.78 is 0. The molecular weight excluding hydrogens is 153 g/mol. The summed E-state index contributed by atoms with van der Waals surface area (Å²) in [6, 6.07) is 0. The van der Waals surface area contributed by atoms with E-state index in [1.54, 1.807) is 6.29 Å². The molecule has 38 valence electrons. The number of hydrogen-bond donors (Lipinski definition) is 0. The van der Waals surface area contributed by atoms with Crippen LogP contribution < -0.4 is 17.0 Å². The van der Waals surface area contributed by atoms with Gasteiger partial charge < -0.3 is 21.8 Å². The molecule has 0 spiro atoms. The second kappa shape index (κ2) is 16.2. The van der Waals surface area contributed by atoms with Gasteiger partial charge in [0.25, 0.3) is 0 Å². The minimum atomic E-state index is 0. The molecule has 0 amide bonds. The molecule has 0 N–H and O–H groups in total. The monoisotopic (exact) mass is 159 g/mol. The maximum atomic E-state index is 9.28. The van der Waals surface area contributed by atoms with Gasteiger partial charge >= 0.3 is 10.1 Å². The third kappa shape index (κ3) is 21.9. The van der Waals surface area contributed by atoms with Gasteiger partial charge in [-0.15, -0.1) is 0 Å². The maximum absolute atomic E-state index is 9.28. The number of carbonyl (C=O) groups excluding carboxylic acids is 1. The van der Waals surface area contributed by atoms with Gasteiger partial charge in [0.1, 0.15) is 0 Å². The minimum absolute atomic E-state index is 0. The largest absolute Gasteiger partial charge is 2.00 e. The first-order valence-corrected chi connectivity index (χ1v) is 1.76. The molecule has 0 aromatic carbocycles. The number of halogens is 1. The van der Waals surface area contributed by atoms with Gasteiger partial charge in [-0.05, 0) is 0 Å². The fourth-order valence-electron chi connectivity index (χ4n) is 0.102. The van der Waals surface area contributed by atoms with Crippen LogP contribution in [0.2, 0.25) is 0 Å². The Bertz CT molecular complexity index is 32.9. The van der Waals surface area contributed by atoms with Crippen LogP contribution in [0.4, 0.5) is 0 Å². The molecule has 0 unspecified atom stereocenters. The smallest absolute Gasteiger partial charge is 1.00 e. The molecule has 3 heteroatoms. The fourth-order valence-corrected chi connectivity index (χ4v) is 0.102. The Balaban J connectivity index is -0.0000000800. The molecule has 0 aliphatic heterocycles. The molecule has 0 atom stereocenters. The Morgan fingerprint density at radius 1 is 1.57 bits per heavy atom. The standard InChI is InChI=1S/C4H7O.Be.BrH/c1-2-3-4-5;;/h2-3H2,1H3;;1H/q-1;+2;/p-1. The Kier molecular flexibility index (Phi) is 36.3. The van der Waals surface area contributed by atoms with Crippen molar-refractivity contribution in [1.82, 2.24) is 0 Å². The van der Waals surface area contributed by atoms with Gasteiger partial charge in [-0.1, -0.05) is 13.3 Å². The van der Waals surface area contributed by atoms with Crippen molar-refractivity contribution in [3.05, 3.63) is 0 Å². The van der Waals surface area contributed by atoms with Crippen molar-refractivity contribution in [3.63, 3.8) is 0 Å². The van der Waals surface area contributed by atoms with E-state index in [1.807, 2.05) is 6.92 Å². The average molecular weight is 160 g/mol. The van der Waals surface area contributed by atoms with E-state index in [9.17, 15) is 4.79 Å². The molecule has 0 heterocycles. The molecule has 0 bridgehead atoms. The molecule has 0 aliphatic rings. The molecule has 0 fully saturated rings. The molecule has 0 radical (unpaired) electrons. The second-order valence-electron chi connectivity index (χ2n) is 0.894. The quantitative estimate of drug-likeness (QED) is 0.323. The zero-order chi connectivity index (χ0) is 4.12. The van der Waals surface area contributed by atoms with Crippen molar-refractivity contribution in [2.75, 3.05) is 0 Å². The Morgan fingerprint density at radius 2 is 2.00 bits per heavy atom. The molecule has 0 rings (SSSR count). The van der Waals surface area contributed by atoms with E-state index >= 15 is 0 Å². The SMILES string of the molecule is CCC[C-]=O.[Be+2].[Br-]. The molecular formula is C4H7BeBrO. The third-order valence-corrected chi connectivity index (χ3v) is 0.352. The van der Waals surface area contributed by atoms with Crippen LogP contribution in [-0.4, -0.2) is 16.4 Å². The summed E-state index contributed by atoms with van der Waals surface area (Å²) in [6.07, 6.45) is 3.27. The van der Waals surface area contributed by atoms with Gasteiger partial charge in [0.15, 0.2) is 0 Å². The molecule has 0 aromatic rings. The Morgan fingerprint density at radius 3 is 2.00 bits per heavy atom. The van der Waals surface area contributed by atoms with Crippen molar-refractivity contribution in [3.8, 4) is 0 Å². The van der Waals surface area contributed by atoms with Crippen molar-refractivity contribution in [1.29, 1.82) is 0 Å². The van der Waals surface area contributed by atoms with Gasteiger partial charge in [-0.2, -0.15) is 6.42 Å². The van der Waals surface area contributed by atoms with Crippen LogP contribution in [0.3, 0.4) is 0 Å². The van der Waals surface area contributed by atoms with Crippen LogP contribution in [0.15, 0.2) is 0 Å². The first-order valence-electron chi connectivity index (χ1n) is 1.76. The van der Waals surface area contributed by atoms with Gasteiger partial charge in [-0.25, -0.2) is 0 Å². The predicted octanol–water partition coefficient (Wildman–Crippen LogP) is -2.48.